The molecule has 25 heavy (non-hydrogen) atoms. The number of carbonyl (C=O) groups is 2. The SMILES string of the molecule is Cc1ccoc1C(=O)NCCCNC(=O)C(C)(N)c1ccccc1.Cl. The third kappa shape index (κ3) is 5.34. The summed E-state index contributed by atoms with van der Waals surface area (Å²) in [5.41, 5.74) is 6.59. The molecule has 7 heteroatoms. The molecule has 0 bridgehead atoms. The second-order valence-electron chi connectivity index (χ2n) is 5.87. The van der Waals surface area contributed by atoms with E-state index in [2.05, 4.69) is 10.6 Å². The van der Waals surface area contributed by atoms with Crippen LogP contribution in [0, 0.1) is 6.92 Å². The van der Waals surface area contributed by atoms with Crippen molar-refractivity contribution in [3.63, 3.8) is 0 Å². The highest BCUT2D eigenvalue weighted by Gasteiger charge is 2.29. The van der Waals surface area contributed by atoms with Crippen LogP contribution < -0.4 is 16.4 Å². The molecule has 0 spiro atoms. The number of nitrogens with one attached hydrogen (secondary N) is 2. The van der Waals surface area contributed by atoms with Gasteiger partial charge in [-0.25, -0.2) is 0 Å². The van der Waals surface area contributed by atoms with Crippen LogP contribution in [0.4, 0.5) is 0 Å². The topological polar surface area (TPSA) is 97.4 Å². The molecule has 0 saturated carbocycles. The van der Waals surface area contributed by atoms with Crippen LogP contribution in [0.25, 0.3) is 0 Å². The number of amides is 2. The number of carbonyl (C=O) groups excluding carboxylic acids is 2. The predicted octanol–water partition coefficient (Wildman–Crippen LogP) is 2.12. The maximum atomic E-state index is 12.3. The average molecular weight is 366 g/mol. The minimum atomic E-state index is -1.09. The van der Waals surface area contributed by atoms with Gasteiger partial charge in [-0.15, -0.1) is 12.4 Å². The van der Waals surface area contributed by atoms with Gasteiger partial charge in [-0.1, -0.05) is 30.3 Å². The van der Waals surface area contributed by atoms with Crippen molar-refractivity contribution >= 4 is 24.2 Å². The van der Waals surface area contributed by atoms with Crippen molar-refractivity contribution < 1.29 is 14.0 Å². The molecule has 2 rings (SSSR count). The van der Waals surface area contributed by atoms with E-state index in [9.17, 15) is 9.59 Å². The van der Waals surface area contributed by atoms with E-state index in [0.717, 1.165) is 11.1 Å². The first-order chi connectivity index (χ1) is 11.4. The van der Waals surface area contributed by atoms with Gasteiger partial charge in [-0.05, 0) is 31.9 Å². The molecule has 136 valence electrons. The molecule has 0 aliphatic rings. The Hall–Kier alpha value is -2.31. The van der Waals surface area contributed by atoms with E-state index in [4.69, 9.17) is 10.2 Å². The summed E-state index contributed by atoms with van der Waals surface area (Å²) in [5.74, 6) is -0.184. The molecule has 1 heterocycles. The van der Waals surface area contributed by atoms with Crippen LogP contribution in [-0.4, -0.2) is 24.9 Å². The molecule has 0 aliphatic carbocycles. The van der Waals surface area contributed by atoms with Crippen molar-refractivity contribution in [1.29, 1.82) is 0 Å². The first-order valence-electron chi connectivity index (χ1n) is 7.88. The van der Waals surface area contributed by atoms with Crippen molar-refractivity contribution in [2.45, 2.75) is 25.8 Å². The molecule has 1 unspecified atom stereocenters. The van der Waals surface area contributed by atoms with E-state index in [1.807, 2.05) is 37.3 Å². The highest BCUT2D eigenvalue weighted by atomic mass is 35.5. The van der Waals surface area contributed by atoms with Gasteiger partial charge in [0.25, 0.3) is 5.91 Å². The van der Waals surface area contributed by atoms with Crippen LogP contribution in [0.3, 0.4) is 0 Å². The first kappa shape index (κ1) is 20.7. The molecule has 1 aromatic carbocycles. The minimum Gasteiger partial charge on any atom is -0.459 e. The van der Waals surface area contributed by atoms with E-state index in [-0.39, 0.29) is 24.2 Å². The molecule has 1 atom stereocenters. The maximum absolute atomic E-state index is 12.3. The van der Waals surface area contributed by atoms with Crippen LogP contribution in [0.5, 0.6) is 0 Å². The van der Waals surface area contributed by atoms with E-state index in [0.29, 0.717) is 25.3 Å². The summed E-state index contributed by atoms with van der Waals surface area (Å²) in [6.07, 6.45) is 2.08. The molecule has 0 radical (unpaired) electrons. The van der Waals surface area contributed by atoms with E-state index in [1.165, 1.54) is 6.26 Å². The van der Waals surface area contributed by atoms with Crippen molar-refractivity contribution in [3.05, 3.63) is 59.5 Å². The van der Waals surface area contributed by atoms with E-state index in [1.54, 1.807) is 13.0 Å². The van der Waals surface area contributed by atoms with Gasteiger partial charge in [0, 0.05) is 18.7 Å². The Balaban J connectivity index is 0.00000312. The zero-order chi connectivity index (χ0) is 17.6. The molecule has 0 aliphatic heterocycles. The minimum absolute atomic E-state index is 0. The highest BCUT2D eigenvalue weighted by molar-refractivity contribution is 5.92. The van der Waals surface area contributed by atoms with Crippen LogP contribution in [0.2, 0.25) is 0 Å². The molecule has 2 aromatic rings. The summed E-state index contributed by atoms with van der Waals surface area (Å²) in [4.78, 5) is 24.1. The number of nitrogens with two attached hydrogens (primary N) is 1. The second kappa shape index (κ2) is 9.25. The lowest BCUT2D eigenvalue weighted by atomic mass is 9.92. The summed E-state index contributed by atoms with van der Waals surface area (Å²) in [6, 6.07) is 11.0. The summed E-state index contributed by atoms with van der Waals surface area (Å²) in [7, 11) is 0. The van der Waals surface area contributed by atoms with Gasteiger partial charge in [0.15, 0.2) is 5.76 Å². The molecule has 2 amide bonds. The number of aryl methyl sites for hydroxylation is 1. The van der Waals surface area contributed by atoms with Crippen LogP contribution in [0.15, 0.2) is 47.1 Å². The lowest BCUT2D eigenvalue weighted by Gasteiger charge is -2.24. The Bertz CT molecular complexity index is 699. The normalized spacial score (nSPS) is 12.6. The third-order valence-electron chi connectivity index (χ3n) is 3.84. The molecule has 6 nitrogen and oxygen atoms in total. The Morgan fingerprint density at radius 2 is 1.76 bits per heavy atom. The van der Waals surface area contributed by atoms with Crippen molar-refractivity contribution in [2.24, 2.45) is 5.73 Å². The third-order valence-corrected chi connectivity index (χ3v) is 3.84. The van der Waals surface area contributed by atoms with Gasteiger partial charge < -0.3 is 20.8 Å². The number of rotatable bonds is 7. The summed E-state index contributed by atoms with van der Waals surface area (Å²) in [5, 5.41) is 5.56. The number of benzene rings is 1. The highest BCUT2D eigenvalue weighted by Crippen LogP contribution is 2.17. The van der Waals surface area contributed by atoms with Crippen LogP contribution >= 0.6 is 12.4 Å². The monoisotopic (exact) mass is 365 g/mol. The Morgan fingerprint density at radius 1 is 1.12 bits per heavy atom. The smallest absolute Gasteiger partial charge is 0.287 e. The van der Waals surface area contributed by atoms with Gasteiger partial charge in [0.2, 0.25) is 5.91 Å². The molecular weight excluding hydrogens is 342 g/mol. The number of halogens is 1. The van der Waals surface area contributed by atoms with Gasteiger partial charge in [-0.2, -0.15) is 0 Å². The second-order valence-corrected chi connectivity index (χ2v) is 5.87. The van der Waals surface area contributed by atoms with Crippen LogP contribution in [0.1, 0.15) is 35.0 Å². The zero-order valence-corrected chi connectivity index (χ0v) is 15.2. The lowest BCUT2D eigenvalue weighted by molar-refractivity contribution is -0.126. The summed E-state index contributed by atoms with van der Waals surface area (Å²) in [6.45, 7) is 4.35. The average Bonchev–Trinajstić information content (AvgIpc) is 3.01. The quantitative estimate of drug-likeness (QED) is 0.654. The van der Waals surface area contributed by atoms with Gasteiger partial charge in [0.1, 0.15) is 5.54 Å². The molecule has 1 aromatic heterocycles. The maximum Gasteiger partial charge on any atom is 0.287 e. The largest absolute Gasteiger partial charge is 0.459 e. The van der Waals surface area contributed by atoms with Crippen molar-refractivity contribution in [2.75, 3.05) is 13.1 Å². The summed E-state index contributed by atoms with van der Waals surface area (Å²) < 4.78 is 5.12. The first-order valence-corrected chi connectivity index (χ1v) is 7.88. The molecule has 4 N–H and O–H groups in total. The number of furan rings is 1. The predicted molar refractivity (Wildman–Crippen MR) is 98.6 cm³/mol. The fraction of sp³-hybridized carbons (Fsp3) is 0.333. The van der Waals surface area contributed by atoms with Gasteiger partial charge in [0.05, 0.1) is 6.26 Å². The fourth-order valence-corrected chi connectivity index (χ4v) is 2.28. The van der Waals surface area contributed by atoms with Crippen molar-refractivity contribution in [3.8, 4) is 0 Å². The standard InChI is InChI=1S/C18H23N3O3.ClH/c1-13-9-12-24-15(13)16(22)20-10-6-11-21-17(23)18(2,19)14-7-4-3-5-8-14;/h3-5,7-9,12H,6,10-11,19H2,1-2H3,(H,20,22)(H,21,23);1H. The van der Waals surface area contributed by atoms with Gasteiger partial charge in [-0.3, -0.25) is 9.59 Å². The molecule has 0 saturated heterocycles. The Morgan fingerprint density at radius 3 is 2.36 bits per heavy atom. The van der Waals surface area contributed by atoms with Gasteiger partial charge >= 0.3 is 0 Å². The number of hydrogen-bond acceptors (Lipinski definition) is 4. The van der Waals surface area contributed by atoms with E-state index >= 15 is 0 Å². The fourth-order valence-electron chi connectivity index (χ4n) is 2.28. The Labute approximate surface area is 153 Å². The molecule has 0 fully saturated rings. The lowest BCUT2D eigenvalue weighted by Crippen LogP contribution is -2.49. The molecular formula is C18H24ClN3O3. The number of hydrogen-bond donors (Lipinski definition) is 3. The summed E-state index contributed by atoms with van der Waals surface area (Å²) >= 11 is 0. The Kier molecular flexibility index (Phi) is 7.67. The zero-order valence-electron chi connectivity index (χ0n) is 14.4. The van der Waals surface area contributed by atoms with Crippen molar-refractivity contribution in [1.82, 2.24) is 10.6 Å². The van der Waals surface area contributed by atoms with E-state index < -0.39 is 5.54 Å². The van der Waals surface area contributed by atoms with Crippen LogP contribution in [-0.2, 0) is 10.3 Å².